The fourth-order valence-corrected chi connectivity index (χ4v) is 1.74. The molecule has 2 aromatic carbocycles. The highest BCUT2D eigenvalue weighted by Crippen LogP contribution is 2.20. The Kier molecular flexibility index (Phi) is 3.77. The molecule has 0 aliphatic rings. The van der Waals surface area contributed by atoms with E-state index in [4.69, 9.17) is 5.84 Å². The third-order valence-electron chi connectivity index (χ3n) is 2.77. The lowest BCUT2D eigenvalue weighted by atomic mass is 10.1. The van der Waals surface area contributed by atoms with Crippen LogP contribution in [-0.2, 0) is 0 Å². The first-order valence-corrected chi connectivity index (χ1v) is 5.75. The van der Waals surface area contributed by atoms with Crippen LogP contribution < -0.4 is 16.6 Å². The Balaban J connectivity index is 2.28. The number of para-hydroxylation sites is 1. The molecule has 0 aliphatic heterocycles. The molecule has 2 aromatic rings. The maximum absolute atomic E-state index is 13.8. The number of carbonyl (C=O) groups is 1. The van der Waals surface area contributed by atoms with Crippen LogP contribution in [0.25, 0.3) is 0 Å². The van der Waals surface area contributed by atoms with E-state index >= 15 is 0 Å². The third kappa shape index (κ3) is 2.71. The highest BCUT2D eigenvalue weighted by atomic mass is 19.1. The van der Waals surface area contributed by atoms with E-state index in [0.717, 1.165) is 0 Å². The summed E-state index contributed by atoms with van der Waals surface area (Å²) in [6.07, 6.45) is 0. The van der Waals surface area contributed by atoms with Crippen molar-refractivity contribution in [1.29, 1.82) is 0 Å². The Hall–Kier alpha value is -2.40. The monoisotopic (exact) mass is 259 g/mol. The van der Waals surface area contributed by atoms with Crippen molar-refractivity contribution in [2.75, 3.05) is 10.7 Å². The molecule has 0 heterocycles. The molecule has 0 radical (unpaired) electrons. The SMILES string of the molecule is Cc1cccc(NC(=O)c2ccccc2NN)c1F. The molecule has 0 atom stereocenters. The lowest BCUT2D eigenvalue weighted by Crippen LogP contribution is -2.17. The molecule has 19 heavy (non-hydrogen) atoms. The van der Waals surface area contributed by atoms with E-state index in [-0.39, 0.29) is 5.69 Å². The van der Waals surface area contributed by atoms with Crippen molar-refractivity contribution in [2.45, 2.75) is 6.92 Å². The summed E-state index contributed by atoms with van der Waals surface area (Å²) >= 11 is 0. The highest BCUT2D eigenvalue weighted by molar-refractivity contribution is 6.08. The number of nitrogens with two attached hydrogens (primary N) is 1. The van der Waals surface area contributed by atoms with Crippen LogP contribution in [0, 0.1) is 12.7 Å². The van der Waals surface area contributed by atoms with E-state index in [0.29, 0.717) is 16.8 Å². The van der Waals surface area contributed by atoms with Crippen molar-refractivity contribution in [3.8, 4) is 0 Å². The van der Waals surface area contributed by atoms with E-state index in [1.807, 2.05) is 0 Å². The van der Waals surface area contributed by atoms with Crippen LogP contribution >= 0.6 is 0 Å². The zero-order chi connectivity index (χ0) is 13.8. The Morgan fingerprint density at radius 3 is 2.53 bits per heavy atom. The van der Waals surface area contributed by atoms with Crippen LogP contribution in [0.2, 0.25) is 0 Å². The lowest BCUT2D eigenvalue weighted by molar-refractivity contribution is 0.102. The molecule has 0 fully saturated rings. The summed E-state index contributed by atoms with van der Waals surface area (Å²) in [7, 11) is 0. The van der Waals surface area contributed by atoms with Gasteiger partial charge in [-0.05, 0) is 30.7 Å². The summed E-state index contributed by atoms with van der Waals surface area (Å²) < 4.78 is 13.8. The number of hydrogen-bond acceptors (Lipinski definition) is 3. The van der Waals surface area contributed by atoms with Gasteiger partial charge < -0.3 is 10.7 Å². The van der Waals surface area contributed by atoms with Gasteiger partial charge in [0.1, 0.15) is 5.82 Å². The summed E-state index contributed by atoms with van der Waals surface area (Å²) in [5.74, 6) is 4.48. The Morgan fingerprint density at radius 2 is 1.79 bits per heavy atom. The van der Waals surface area contributed by atoms with Crippen LogP contribution in [0.4, 0.5) is 15.8 Å². The number of benzene rings is 2. The average Bonchev–Trinajstić information content (AvgIpc) is 2.43. The van der Waals surface area contributed by atoms with Gasteiger partial charge in [-0.15, -0.1) is 0 Å². The summed E-state index contributed by atoms with van der Waals surface area (Å²) in [5.41, 5.74) is 3.89. The lowest BCUT2D eigenvalue weighted by Gasteiger charge is -2.10. The minimum Gasteiger partial charge on any atom is -0.323 e. The molecular weight excluding hydrogens is 245 g/mol. The van der Waals surface area contributed by atoms with Crippen molar-refractivity contribution in [2.24, 2.45) is 5.84 Å². The first-order valence-electron chi connectivity index (χ1n) is 5.75. The maximum atomic E-state index is 13.8. The first kappa shape index (κ1) is 13.0. The van der Waals surface area contributed by atoms with Crippen LogP contribution in [-0.4, -0.2) is 5.91 Å². The molecule has 0 aromatic heterocycles. The van der Waals surface area contributed by atoms with E-state index in [9.17, 15) is 9.18 Å². The van der Waals surface area contributed by atoms with E-state index in [1.165, 1.54) is 6.07 Å². The smallest absolute Gasteiger partial charge is 0.257 e. The van der Waals surface area contributed by atoms with Gasteiger partial charge in [0.15, 0.2) is 0 Å². The van der Waals surface area contributed by atoms with Crippen molar-refractivity contribution in [3.63, 3.8) is 0 Å². The largest absolute Gasteiger partial charge is 0.323 e. The number of rotatable bonds is 3. The van der Waals surface area contributed by atoms with E-state index in [1.54, 1.807) is 43.3 Å². The molecule has 0 bridgehead atoms. The molecule has 0 spiro atoms. The van der Waals surface area contributed by atoms with Crippen LogP contribution in [0.1, 0.15) is 15.9 Å². The minimum absolute atomic E-state index is 0.150. The number of nitrogen functional groups attached to an aromatic ring is 1. The number of aryl methyl sites for hydroxylation is 1. The predicted octanol–water partition coefficient (Wildman–Crippen LogP) is 2.67. The molecule has 0 saturated carbocycles. The Morgan fingerprint density at radius 1 is 1.11 bits per heavy atom. The molecule has 4 nitrogen and oxygen atoms in total. The van der Waals surface area contributed by atoms with Crippen molar-refractivity contribution >= 4 is 17.3 Å². The van der Waals surface area contributed by atoms with Crippen molar-refractivity contribution in [3.05, 3.63) is 59.4 Å². The molecule has 0 saturated heterocycles. The summed E-state index contributed by atoms with van der Waals surface area (Å²) in [6.45, 7) is 1.64. The number of hydrogen-bond donors (Lipinski definition) is 3. The highest BCUT2D eigenvalue weighted by Gasteiger charge is 2.13. The van der Waals surface area contributed by atoms with Crippen molar-refractivity contribution < 1.29 is 9.18 Å². The van der Waals surface area contributed by atoms with Crippen LogP contribution in [0.15, 0.2) is 42.5 Å². The topological polar surface area (TPSA) is 67.2 Å². The maximum Gasteiger partial charge on any atom is 0.257 e. The van der Waals surface area contributed by atoms with Gasteiger partial charge in [0.05, 0.1) is 16.9 Å². The molecule has 2 rings (SSSR count). The third-order valence-corrected chi connectivity index (χ3v) is 2.77. The Bertz CT molecular complexity index is 613. The zero-order valence-corrected chi connectivity index (χ0v) is 10.4. The Labute approximate surface area is 110 Å². The van der Waals surface area contributed by atoms with Gasteiger partial charge >= 0.3 is 0 Å². The molecule has 4 N–H and O–H groups in total. The quantitative estimate of drug-likeness (QED) is 0.586. The molecule has 0 unspecified atom stereocenters. The number of hydrazine groups is 1. The number of anilines is 2. The second-order valence-electron chi connectivity index (χ2n) is 4.08. The van der Waals surface area contributed by atoms with Crippen LogP contribution in [0.3, 0.4) is 0 Å². The zero-order valence-electron chi connectivity index (χ0n) is 10.4. The average molecular weight is 259 g/mol. The standard InChI is InChI=1S/C14H14FN3O/c1-9-5-4-8-12(13(9)15)17-14(19)10-6-2-3-7-11(10)18-16/h2-8,18H,16H2,1H3,(H,17,19). The molecule has 5 heteroatoms. The van der Waals surface area contributed by atoms with Gasteiger partial charge in [-0.25, -0.2) is 4.39 Å². The van der Waals surface area contributed by atoms with Gasteiger partial charge in [0.2, 0.25) is 0 Å². The van der Waals surface area contributed by atoms with E-state index < -0.39 is 11.7 Å². The van der Waals surface area contributed by atoms with Gasteiger partial charge in [-0.3, -0.25) is 10.6 Å². The number of carbonyl (C=O) groups excluding carboxylic acids is 1. The van der Waals surface area contributed by atoms with Crippen molar-refractivity contribution in [1.82, 2.24) is 0 Å². The summed E-state index contributed by atoms with van der Waals surface area (Å²) in [6, 6.07) is 11.6. The molecule has 1 amide bonds. The summed E-state index contributed by atoms with van der Waals surface area (Å²) in [4.78, 5) is 12.1. The first-order chi connectivity index (χ1) is 9.13. The van der Waals surface area contributed by atoms with Crippen LogP contribution in [0.5, 0.6) is 0 Å². The van der Waals surface area contributed by atoms with E-state index in [2.05, 4.69) is 10.7 Å². The van der Waals surface area contributed by atoms with Gasteiger partial charge in [-0.1, -0.05) is 24.3 Å². The van der Waals surface area contributed by atoms with Gasteiger partial charge in [0.25, 0.3) is 5.91 Å². The number of halogens is 1. The number of nitrogens with one attached hydrogen (secondary N) is 2. The predicted molar refractivity (Wildman–Crippen MR) is 73.3 cm³/mol. The van der Waals surface area contributed by atoms with Gasteiger partial charge in [0, 0.05) is 0 Å². The normalized spacial score (nSPS) is 10.1. The summed E-state index contributed by atoms with van der Waals surface area (Å²) in [5, 5.41) is 2.53. The number of amides is 1. The fraction of sp³-hybridized carbons (Fsp3) is 0.0714. The second kappa shape index (κ2) is 5.49. The molecule has 0 aliphatic carbocycles. The molecule has 98 valence electrons. The van der Waals surface area contributed by atoms with Gasteiger partial charge in [-0.2, -0.15) is 0 Å². The fourth-order valence-electron chi connectivity index (χ4n) is 1.74. The molecular formula is C14H14FN3O. The minimum atomic E-state index is -0.436. The second-order valence-corrected chi connectivity index (χ2v) is 4.08.